The van der Waals surface area contributed by atoms with Gasteiger partial charge in [-0.3, -0.25) is 4.79 Å². The zero-order valence-corrected chi connectivity index (χ0v) is 10.8. The Kier molecular flexibility index (Phi) is 4.50. The summed E-state index contributed by atoms with van der Waals surface area (Å²) in [5.41, 5.74) is 0. The molecule has 17 heavy (non-hydrogen) atoms. The molecule has 7 nitrogen and oxygen atoms in total. The van der Waals surface area contributed by atoms with E-state index in [1.54, 1.807) is 0 Å². The van der Waals surface area contributed by atoms with Gasteiger partial charge in [0.2, 0.25) is 10.0 Å². The summed E-state index contributed by atoms with van der Waals surface area (Å²) < 4.78 is 47.1. The van der Waals surface area contributed by atoms with Crippen molar-refractivity contribution in [1.29, 1.82) is 0 Å². The molecule has 9 heteroatoms. The molecule has 0 aliphatic carbocycles. The van der Waals surface area contributed by atoms with Gasteiger partial charge in [-0.05, 0) is 12.3 Å². The Bertz CT molecular complexity index is 480. The largest absolute Gasteiger partial charge is 0.481 e. The molecule has 100 valence electrons. The predicted molar refractivity (Wildman–Crippen MR) is 60.8 cm³/mol. The molecule has 1 heterocycles. The molecule has 0 aromatic carbocycles. The number of carbonyl (C=O) groups is 1. The Balaban J connectivity index is 2.38. The minimum Gasteiger partial charge on any atom is -0.481 e. The highest BCUT2D eigenvalue weighted by atomic mass is 32.2. The summed E-state index contributed by atoms with van der Waals surface area (Å²) in [6.45, 7) is 0.0567. The van der Waals surface area contributed by atoms with Gasteiger partial charge in [0.25, 0.3) is 0 Å². The van der Waals surface area contributed by atoms with E-state index in [1.807, 2.05) is 0 Å². The van der Waals surface area contributed by atoms with E-state index < -0.39 is 38.0 Å². The van der Waals surface area contributed by atoms with E-state index >= 15 is 0 Å². The smallest absolute Gasteiger partial charge is 0.304 e. The van der Waals surface area contributed by atoms with Crippen molar-refractivity contribution in [3.8, 4) is 0 Å². The summed E-state index contributed by atoms with van der Waals surface area (Å²) >= 11 is 0. The summed E-state index contributed by atoms with van der Waals surface area (Å²) in [5, 5.41) is 8.35. The molecule has 1 atom stereocenters. The molecule has 1 unspecified atom stereocenters. The van der Waals surface area contributed by atoms with E-state index in [1.165, 1.54) is 0 Å². The number of aliphatic carboxylic acids is 1. The van der Waals surface area contributed by atoms with E-state index in [0.29, 0.717) is 6.42 Å². The summed E-state index contributed by atoms with van der Waals surface area (Å²) in [6, 6.07) is 0. The maximum absolute atomic E-state index is 11.3. The Morgan fingerprint density at radius 3 is 2.53 bits per heavy atom. The summed E-state index contributed by atoms with van der Waals surface area (Å²) in [7, 11) is -6.64. The number of hydrogen-bond donors (Lipinski definition) is 2. The van der Waals surface area contributed by atoms with Crippen LogP contribution in [0.3, 0.4) is 0 Å². The van der Waals surface area contributed by atoms with Crippen LogP contribution < -0.4 is 4.72 Å². The van der Waals surface area contributed by atoms with Crippen molar-refractivity contribution in [1.82, 2.24) is 4.72 Å². The summed E-state index contributed by atoms with van der Waals surface area (Å²) in [6.07, 6.45) is -0.0118. The maximum atomic E-state index is 11.3. The van der Waals surface area contributed by atoms with Gasteiger partial charge in [-0.2, -0.15) is 0 Å². The molecule has 0 aromatic rings. The van der Waals surface area contributed by atoms with Crippen LogP contribution in [0.4, 0.5) is 0 Å². The number of nitrogens with one attached hydrogen (secondary N) is 1. The molecular formula is C8H15NO6S2. The maximum Gasteiger partial charge on any atom is 0.304 e. The van der Waals surface area contributed by atoms with Gasteiger partial charge in [0.1, 0.15) is 0 Å². The first-order chi connectivity index (χ1) is 7.70. The Hall–Kier alpha value is -0.670. The monoisotopic (exact) mass is 285 g/mol. The zero-order valence-electron chi connectivity index (χ0n) is 9.12. The Labute approximate surface area is 100 Å². The molecular weight excluding hydrogens is 270 g/mol. The van der Waals surface area contributed by atoms with Crippen molar-refractivity contribution in [2.75, 3.05) is 23.8 Å². The lowest BCUT2D eigenvalue weighted by molar-refractivity contribution is -0.136. The second-order valence-electron chi connectivity index (χ2n) is 4.08. The summed E-state index contributed by atoms with van der Waals surface area (Å²) in [5.74, 6) is -1.79. The van der Waals surface area contributed by atoms with Crippen LogP contribution in [-0.4, -0.2) is 51.7 Å². The third kappa shape index (κ3) is 5.46. The molecule has 1 fully saturated rings. The average molecular weight is 285 g/mol. The van der Waals surface area contributed by atoms with Crippen LogP contribution in [0.5, 0.6) is 0 Å². The van der Waals surface area contributed by atoms with Gasteiger partial charge in [-0.1, -0.05) is 0 Å². The lowest BCUT2D eigenvalue weighted by atomic mass is 10.1. The van der Waals surface area contributed by atoms with Gasteiger partial charge in [0, 0.05) is 6.54 Å². The Morgan fingerprint density at radius 1 is 1.41 bits per heavy atom. The van der Waals surface area contributed by atoms with E-state index in [9.17, 15) is 21.6 Å². The minimum atomic E-state index is -3.63. The van der Waals surface area contributed by atoms with Crippen LogP contribution in [-0.2, 0) is 24.7 Å². The van der Waals surface area contributed by atoms with Gasteiger partial charge in [-0.15, -0.1) is 0 Å². The van der Waals surface area contributed by atoms with Crippen LogP contribution in [0, 0.1) is 5.92 Å². The van der Waals surface area contributed by atoms with Crippen LogP contribution in [0.25, 0.3) is 0 Å². The zero-order chi connectivity index (χ0) is 13.1. The quantitative estimate of drug-likeness (QED) is 0.634. The standard InChI is InChI=1S/C8H15NO6S2/c10-8(11)2-4-17(14,15)9-5-7-1-3-16(12,13)6-7/h7,9H,1-6H2,(H,10,11). The van der Waals surface area contributed by atoms with Crippen molar-refractivity contribution in [2.45, 2.75) is 12.8 Å². The number of sulfone groups is 1. The average Bonchev–Trinajstić information content (AvgIpc) is 2.53. The lowest BCUT2D eigenvalue weighted by Crippen LogP contribution is -2.32. The number of carboxylic acids is 1. The second-order valence-corrected chi connectivity index (χ2v) is 8.24. The van der Waals surface area contributed by atoms with Gasteiger partial charge < -0.3 is 5.11 Å². The lowest BCUT2D eigenvalue weighted by Gasteiger charge is -2.09. The van der Waals surface area contributed by atoms with Gasteiger partial charge >= 0.3 is 5.97 Å². The van der Waals surface area contributed by atoms with Crippen molar-refractivity contribution in [3.05, 3.63) is 0 Å². The van der Waals surface area contributed by atoms with E-state index in [0.717, 1.165) is 0 Å². The SMILES string of the molecule is O=C(O)CCS(=O)(=O)NCC1CCS(=O)(=O)C1. The fourth-order valence-corrected chi connectivity index (χ4v) is 4.51. The number of hydrogen-bond acceptors (Lipinski definition) is 5. The molecule has 0 saturated carbocycles. The van der Waals surface area contributed by atoms with Gasteiger partial charge in [-0.25, -0.2) is 21.6 Å². The topological polar surface area (TPSA) is 118 Å². The minimum absolute atomic E-state index is 0.00551. The first-order valence-corrected chi connectivity index (χ1v) is 8.57. The fourth-order valence-electron chi connectivity index (χ4n) is 1.57. The van der Waals surface area contributed by atoms with E-state index in [2.05, 4.69) is 4.72 Å². The van der Waals surface area contributed by atoms with Crippen LogP contribution in [0.1, 0.15) is 12.8 Å². The highest BCUT2D eigenvalue weighted by Crippen LogP contribution is 2.17. The molecule has 1 saturated heterocycles. The highest BCUT2D eigenvalue weighted by Gasteiger charge is 2.28. The van der Waals surface area contributed by atoms with Crippen LogP contribution in [0.2, 0.25) is 0 Å². The number of carboxylic acid groups (broad SMARTS) is 1. The molecule has 2 N–H and O–H groups in total. The van der Waals surface area contributed by atoms with Crippen molar-refractivity contribution < 1.29 is 26.7 Å². The Morgan fingerprint density at radius 2 is 2.06 bits per heavy atom. The predicted octanol–water partition coefficient (Wildman–Crippen LogP) is -1.18. The molecule has 0 aromatic heterocycles. The third-order valence-corrected chi connectivity index (χ3v) is 5.69. The molecule has 1 aliphatic rings. The molecule has 0 spiro atoms. The van der Waals surface area contributed by atoms with Gasteiger partial charge in [0.15, 0.2) is 9.84 Å². The molecule has 0 radical (unpaired) electrons. The van der Waals surface area contributed by atoms with Crippen molar-refractivity contribution in [2.24, 2.45) is 5.92 Å². The molecule has 1 aliphatic heterocycles. The third-order valence-electron chi connectivity index (χ3n) is 2.50. The summed E-state index contributed by atoms with van der Waals surface area (Å²) in [4.78, 5) is 10.2. The van der Waals surface area contributed by atoms with E-state index in [-0.39, 0.29) is 24.0 Å². The second kappa shape index (κ2) is 5.32. The normalized spacial score (nSPS) is 23.6. The number of rotatable bonds is 6. The van der Waals surface area contributed by atoms with Crippen molar-refractivity contribution >= 4 is 25.8 Å². The van der Waals surface area contributed by atoms with Crippen molar-refractivity contribution in [3.63, 3.8) is 0 Å². The van der Waals surface area contributed by atoms with Crippen LogP contribution >= 0.6 is 0 Å². The van der Waals surface area contributed by atoms with Gasteiger partial charge in [0.05, 0.1) is 23.7 Å². The molecule has 1 rings (SSSR count). The van der Waals surface area contributed by atoms with Crippen LogP contribution in [0.15, 0.2) is 0 Å². The molecule has 0 amide bonds. The fraction of sp³-hybridized carbons (Fsp3) is 0.875. The number of sulfonamides is 1. The molecule has 0 bridgehead atoms. The highest BCUT2D eigenvalue weighted by molar-refractivity contribution is 7.91. The van der Waals surface area contributed by atoms with E-state index in [4.69, 9.17) is 5.11 Å². The first kappa shape index (κ1) is 14.4. The first-order valence-electron chi connectivity index (χ1n) is 5.10.